The summed E-state index contributed by atoms with van der Waals surface area (Å²) in [6, 6.07) is 13.3. The predicted octanol–water partition coefficient (Wildman–Crippen LogP) is 4.82. The first-order valence-electron chi connectivity index (χ1n) is 6.78. The molecule has 0 aliphatic carbocycles. The van der Waals surface area contributed by atoms with Crippen LogP contribution in [0.3, 0.4) is 0 Å². The standard InChI is InChI=1S/C17H11BrFNO2S/c18-13-5-1-4-12(7-13)10-20-16(21)15(23-17(20)22)9-11-3-2-6-14(19)8-11/h1-9H,10H2/b15-9+. The summed E-state index contributed by atoms with van der Waals surface area (Å²) in [6.07, 6.45) is 1.54. The molecule has 2 aromatic rings. The van der Waals surface area contributed by atoms with E-state index in [-0.39, 0.29) is 23.5 Å². The van der Waals surface area contributed by atoms with Gasteiger partial charge in [-0.3, -0.25) is 14.5 Å². The van der Waals surface area contributed by atoms with Crippen LogP contribution in [-0.4, -0.2) is 16.0 Å². The second-order valence-corrected chi connectivity index (χ2v) is 6.86. The van der Waals surface area contributed by atoms with E-state index in [1.807, 2.05) is 24.3 Å². The molecule has 1 aliphatic heterocycles. The predicted molar refractivity (Wildman–Crippen MR) is 92.1 cm³/mol. The Hall–Kier alpha value is -1.92. The number of hydrogen-bond donors (Lipinski definition) is 0. The van der Waals surface area contributed by atoms with Crippen LogP contribution in [0.2, 0.25) is 0 Å². The van der Waals surface area contributed by atoms with Crippen molar-refractivity contribution in [2.24, 2.45) is 0 Å². The Morgan fingerprint density at radius 1 is 1.13 bits per heavy atom. The summed E-state index contributed by atoms with van der Waals surface area (Å²) in [5.41, 5.74) is 1.41. The number of nitrogens with zero attached hydrogens (tertiary/aromatic N) is 1. The van der Waals surface area contributed by atoms with Gasteiger partial charge in [-0.05, 0) is 53.2 Å². The molecule has 0 N–H and O–H groups in total. The summed E-state index contributed by atoms with van der Waals surface area (Å²) in [4.78, 5) is 26.0. The molecule has 0 spiro atoms. The fourth-order valence-corrected chi connectivity index (χ4v) is 3.49. The number of halogens is 2. The van der Waals surface area contributed by atoms with Gasteiger partial charge in [0.2, 0.25) is 0 Å². The third-order valence-corrected chi connectivity index (χ3v) is 4.65. The molecule has 0 unspecified atom stereocenters. The molecule has 1 saturated heterocycles. The molecule has 3 rings (SSSR count). The Bertz CT molecular complexity index is 822. The van der Waals surface area contributed by atoms with Gasteiger partial charge in [0, 0.05) is 4.47 Å². The Balaban J connectivity index is 1.82. The number of carbonyl (C=O) groups is 2. The van der Waals surface area contributed by atoms with Crippen molar-refractivity contribution in [2.45, 2.75) is 6.54 Å². The van der Waals surface area contributed by atoms with Gasteiger partial charge >= 0.3 is 0 Å². The van der Waals surface area contributed by atoms with E-state index in [0.717, 1.165) is 21.8 Å². The minimum atomic E-state index is -0.382. The van der Waals surface area contributed by atoms with Crippen LogP contribution in [0, 0.1) is 5.82 Å². The van der Waals surface area contributed by atoms with E-state index in [4.69, 9.17) is 0 Å². The van der Waals surface area contributed by atoms with Gasteiger partial charge in [0.25, 0.3) is 11.1 Å². The zero-order valence-electron chi connectivity index (χ0n) is 11.8. The smallest absolute Gasteiger partial charge is 0.268 e. The largest absolute Gasteiger partial charge is 0.293 e. The number of rotatable bonds is 3. The Morgan fingerprint density at radius 3 is 2.65 bits per heavy atom. The lowest BCUT2D eigenvalue weighted by Crippen LogP contribution is -2.27. The van der Waals surface area contributed by atoms with E-state index in [9.17, 15) is 14.0 Å². The highest BCUT2D eigenvalue weighted by Gasteiger charge is 2.34. The quantitative estimate of drug-likeness (QED) is 0.703. The molecule has 3 nitrogen and oxygen atoms in total. The number of carbonyl (C=O) groups excluding carboxylic acids is 2. The van der Waals surface area contributed by atoms with Gasteiger partial charge in [-0.2, -0.15) is 0 Å². The summed E-state index contributed by atoms with van der Waals surface area (Å²) in [5, 5.41) is -0.322. The monoisotopic (exact) mass is 391 g/mol. The van der Waals surface area contributed by atoms with E-state index in [1.165, 1.54) is 23.1 Å². The van der Waals surface area contributed by atoms with Crippen molar-refractivity contribution in [1.82, 2.24) is 4.90 Å². The van der Waals surface area contributed by atoms with Gasteiger partial charge in [0.15, 0.2) is 0 Å². The van der Waals surface area contributed by atoms with Crippen LogP contribution in [0.1, 0.15) is 11.1 Å². The molecule has 2 amide bonds. The molecule has 1 aliphatic rings. The maximum atomic E-state index is 13.2. The van der Waals surface area contributed by atoms with Gasteiger partial charge in [-0.1, -0.05) is 40.2 Å². The number of benzene rings is 2. The highest BCUT2D eigenvalue weighted by molar-refractivity contribution is 9.10. The summed E-state index contributed by atoms with van der Waals surface area (Å²) >= 11 is 4.23. The zero-order valence-corrected chi connectivity index (χ0v) is 14.2. The van der Waals surface area contributed by atoms with Crippen molar-refractivity contribution in [3.63, 3.8) is 0 Å². The van der Waals surface area contributed by atoms with E-state index in [0.29, 0.717) is 10.5 Å². The van der Waals surface area contributed by atoms with Crippen LogP contribution >= 0.6 is 27.7 Å². The summed E-state index contributed by atoms with van der Waals surface area (Å²) < 4.78 is 14.1. The lowest BCUT2D eigenvalue weighted by molar-refractivity contribution is -0.123. The molecule has 1 fully saturated rings. The van der Waals surface area contributed by atoms with Crippen LogP contribution < -0.4 is 0 Å². The third-order valence-electron chi connectivity index (χ3n) is 3.25. The minimum Gasteiger partial charge on any atom is -0.268 e. The molecule has 0 atom stereocenters. The normalized spacial score (nSPS) is 16.4. The van der Waals surface area contributed by atoms with Crippen molar-refractivity contribution >= 4 is 44.9 Å². The highest BCUT2D eigenvalue weighted by Crippen LogP contribution is 2.33. The lowest BCUT2D eigenvalue weighted by Gasteiger charge is -2.12. The minimum absolute atomic E-state index is 0.213. The number of hydrogen-bond acceptors (Lipinski definition) is 3. The maximum Gasteiger partial charge on any atom is 0.293 e. The van der Waals surface area contributed by atoms with E-state index in [1.54, 1.807) is 12.1 Å². The molecular formula is C17H11BrFNO2S. The SMILES string of the molecule is O=C1S/C(=C/c2cccc(F)c2)C(=O)N1Cc1cccc(Br)c1. The topological polar surface area (TPSA) is 37.4 Å². The first-order valence-corrected chi connectivity index (χ1v) is 8.39. The first kappa shape index (κ1) is 16.0. The van der Waals surface area contributed by atoms with Gasteiger partial charge in [0.1, 0.15) is 5.82 Å². The fourth-order valence-electron chi connectivity index (χ4n) is 2.20. The molecule has 0 aromatic heterocycles. The van der Waals surface area contributed by atoms with E-state index in [2.05, 4.69) is 15.9 Å². The fraction of sp³-hybridized carbons (Fsp3) is 0.0588. The Morgan fingerprint density at radius 2 is 1.91 bits per heavy atom. The summed E-state index contributed by atoms with van der Waals surface area (Å²) in [7, 11) is 0. The molecule has 116 valence electrons. The van der Waals surface area contributed by atoms with Crippen LogP contribution in [0.25, 0.3) is 6.08 Å². The number of amides is 2. The van der Waals surface area contributed by atoms with Gasteiger partial charge in [0.05, 0.1) is 11.4 Å². The molecule has 23 heavy (non-hydrogen) atoms. The molecule has 6 heteroatoms. The average molecular weight is 392 g/mol. The van der Waals surface area contributed by atoms with Crippen molar-refractivity contribution in [3.8, 4) is 0 Å². The maximum absolute atomic E-state index is 13.2. The van der Waals surface area contributed by atoms with Crippen molar-refractivity contribution in [3.05, 3.63) is 74.9 Å². The van der Waals surface area contributed by atoms with Crippen molar-refractivity contribution in [1.29, 1.82) is 0 Å². The molecule has 0 radical (unpaired) electrons. The highest BCUT2D eigenvalue weighted by atomic mass is 79.9. The van der Waals surface area contributed by atoms with E-state index < -0.39 is 0 Å². The summed E-state index contributed by atoms with van der Waals surface area (Å²) in [6.45, 7) is 0.213. The summed E-state index contributed by atoms with van der Waals surface area (Å²) in [5.74, 6) is -0.739. The van der Waals surface area contributed by atoms with E-state index >= 15 is 0 Å². The van der Waals surface area contributed by atoms with Crippen molar-refractivity contribution < 1.29 is 14.0 Å². The molecular weight excluding hydrogens is 381 g/mol. The van der Waals surface area contributed by atoms with Crippen LogP contribution in [0.15, 0.2) is 57.9 Å². The molecule has 2 aromatic carbocycles. The van der Waals surface area contributed by atoms with Crippen LogP contribution in [0.5, 0.6) is 0 Å². The molecule has 0 saturated carbocycles. The van der Waals surface area contributed by atoms with Gasteiger partial charge < -0.3 is 0 Å². The average Bonchev–Trinajstić information content (AvgIpc) is 2.75. The number of imide groups is 1. The first-order chi connectivity index (χ1) is 11.0. The van der Waals surface area contributed by atoms with Crippen LogP contribution in [-0.2, 0) is 11.3 Å². The van der Waals surface area contributed by atoms with Gasteiger partial charge in [-0.25, -0.2) is 4.39 Å². The molecule has 0 bridgehead atoms. The zero-order chi connectivity index (χ0) is 16.4. The van der Waals surface area contributed by atoms with Crippen LogP contribution in [0.4, 0.5) is 9.18 Å². The Labute approximate surface area is 145 Å². The lowest BCUT2D eigenvalue weighted by atomic mass is 10.2. The molecule has 1 heterocycles. The second kappa shape index (κ2) is 6.68. The second-order valence-electron chi connectivity index (χ2n) is 4.95. The van der Waals surface area contributed by atoms with Crippen molar-refractivity contribution in [2.75, 3.05) is 0 Å². The van der Waals surface area contributed by atoms with Gasteiger partial charge in [-0.15, -0.1) is 0 Å². The third kappa shape index (κ3) is 3.71. The number of thioether (sulfide) groups is 1. The Kier molecular flexibility index (Phi) is 4.63.